The predicted octanol–water partition coefficient (Wildman–Crippen LogP) is -3.31. The summed E-state index contributed by atoms with van der Waals surface area (Å²) in [6.45, 7) is 0. The molecule has 0 saturated carbocycles. The molecule has 0 aromatic carbocycles. The molecule has 0 amide bonds. The summed E-state index contributed by atoms with van der Waals surface area (Å²) in [7, 11) is 0. The zero-order valence-electron chi connectivity index (χ0n) is 0.500. The van der Waals surface area contributed by atoms with Crippen LogP contribution in [0.25, 0.3) is 0 Å². The van der Waals surface area contributed by atoms with Gasteiger partial charge >= 0.3 is 57.5 Å². The third kappa shape index (κ3) is 9.21. The van der Waals surface area contributed by atoms with Gasteiger partial charge in [0.1, 0.15) is 0 Å². The van der Waals surface area contributed by atoms with Crippen molar-refractivity contribution in [1.82, 2.24) is 0 Å². The third-order valence-electron chi connectivity index (χ3n) is 0. The molecule has 0 spiro atoms. The van der Waals surface area contributed by atoms with Gasteiger partial charge < -0.3 is 5.48 Å². The molecule has 0 aliphatic heterocycles. The van der Waals surface area contributed by atoms with Crippen molar-refractivity contribution in [1.29, 1.82) is 0 Å². The number of hydrogen-bond acceptors (Lipinski definition) is 0. The van der Waals surface area contributed by atoms with Crippen LogP contribution < -0.4 is 0 Å². The van der Waals surface area contributed by atoms with Gasteiger partial charge in [-0.15, -0.1) is 0 Å². The van der Waals surface area contributed by atoms with Crippen molar-refractivity contribution in [3.05, 3.63) is 0 Å². The Morgan fingerprint density at radius 1 is 0.750 bits per heavy atom. The Labute approximate surface area is 62.6 Å². The van der Waals surface area contributed by atoms with Crippen molar-refractivity contribution in [2.45, 2.75) is 0 Å². The van der Waals surface area contributed by atoms with E-state index in [0.717, 1.165) is 0 Å². The van der Waals surface area contributed by atoms with Crippen molar-refractivity contribution in [2.24, 2.45) is 0 Å². The van der Waals surface area contributed by atoms with Crippen molar-refractivity contribution in [2.75, 3.05) is 0 Å². The van der Waals surface area contributed by atoms with Crippen LogP contribution in [0.15, 0.2) is 0 Å². The Kier molecular flexibility index (Phi) is 222. The van der Waals surface area contributed by atoms with Crippen LogP contribution in [0.5, 0.6) is 0 Å². The third-order valence-corrected chi connectivity index (χ3v) is 0. The molecule has 0 saturated heterocycles. The maximum absolute atomic E-state index is 0. The van der Waals surface area contributed by atoms with Crippen LogP contribution in [0.4, 0.5) is 0 Å². The minimum absolute atomic E-state index is 0. The van der Waals surface area contributed by atoms with Crippen LogP contribution >= 0.6 is 0 Å². The van der Waals surface area contributed by atoms with Crippen molar-refractivity contribution >= 4 is 57.5 Å². The second-order valence-electron chi connectivity index (χ2n) is 0. The van der Waals surface area contributed by atoms with Crippen LogP contribution in [0.3, 0.4) is 0 Å². The van der Waals surface area contributed by atoms with Crippen LogP contribution in [0.1, 0.15) is 0 Å². The van der Waals surface area contributed by atoms with Crippen LogP contribution in [-0.4, -0.2) is 63.0 Å². The van der Waals surface area contributed by atoms with Gasteiger partial charge in [-0.2, -0.15) is 0 Å². The summed E-state index contributed by atoms with van der Waals surface area (Å²) in [5.74, 6) is 0. The summed E-state index contributed by atoms with van der Waals surface area (Å²) in [6, 6.07) is 0. The van der Waals surface area contributed by atoms with E-state index in [0.29, 0.717) is 0 Å². The Morgan fingerprint density at radius 2 is 0.750 bits per heavy atom. The van der Waals surface area contributed by atoms with Gasteiger partial charge in [0, 0.05) is 0 Å². The SMILES string of the molecule is O.[GaH3].[LiH].[LiH]. The van der Waals surface area contributed by atoms with E-state index in [2.05, 4.69) is 0 Å². The van der Waals surface area contributed by atoms with Gasteiger partial charge in [-0.25, -0.2) is 0 Å². The van der Waals surface area contributed by atoms with E-state index in [1.54, 1.807) is 0 Å². The Balaban J connectivity index is 0. The van der Waals surface area contributed by atoms with Crippen molar-refractivity contribution < 1.29 is 5.48 Å². The summed E-state index contributed by atoms with van der Waals surface area (Å²) in [5, 5.41) is 0. The summed E-state index contributed by atoms with van der Waals surface area (Å²) < 4.78 is 0. The molecular weight excluding hydrogens is 99.6 g/mol. The van der Waals surface area contributed by atoms with E-state index >= 15 is 0 Å². The Bertz CT molecular complexity index is 6.00. The van der Waals surface area contributed by atoms with Crippen LogP contribution in [0, 0.1) is 0 Å². The fraction of sp³-hybridized carbons (Fsp3) is 0. The first-order valence-electron chi connectivity index (χ1n) is 0. The number of rotatable bonds is 0. The molecule has 0 aromatic rings. The molecule has 0 aliphatic carbocycles. The van der Waals surface area contributed by atoms with E-state index in [1.165, 1.54) is 0 Å². The minimum atomic E-state index is 0. The second kappa shape index (κ2) is 21.5. The van der Waals surface area contributed by atoms with E-state index in [1.807, 2.05) is 0 Å². The molecule has 4 heavy (non-hydrogen) atoms. The molecule has 0 bridgehead atoms. The van der Waals surface area contributed by atoms with Crippen molar-refractivity contribution in [3.63, 3.8) is 0 Å². The molecule has 2 N–H and O–H groups in total. The molecular formula is H7GaLi2O. The Hall–Kier alpha value is 1.79. The monoisotopic (exact) mass is 106 g/mol. The topological polar surface area (TPSA) is 31.5 Å². The summed E-state index contributed by atoms with van der Waals surface area (Å²) >= 11 is 0. The molecule has 0 aliphatic rings. The molecule has 18 valence electrons. The quantitative estimate of drug-likeness (QED) is 0.290. The molecule has 0 fully saturated rings. The van der Waals surface area contributed by atoms with Crippen molar-refractivity contribution in [3.8, 4) is 0 Å². The molecule has 1 nitrogen and oxygen atoms in total. The molecule has 0 unspecified atom stereocenters. The molecule has 0 heterocycles. The molecule has 0 aromatic heterocycles. The first kappa shape index (κ1) is 41.4. The fourth-order valence-electron chi connectivity index (χ4n) is 0. The van der Waals surface area contributed by atoms with Gasteiger partial charge in [0.25, 0.3) is 0 Å². The first-order valence-corrected chi connectivity index (χ1v) is 0. The van der Waals surface area contributed by atoms with Gasteiger partial charge in [-0.05, 0) is 0 Å². The summed E-state index contributed by atoms with van der Waals surface area (Å²) in [5.41, 5.74) is 0. The van der Waals surface area contributed by atoms with Crippen LogP contribution in [0.2, 0.25) is 0 Å². The van der Waals surface area contributed by atoms with Crippen LogP contribution in [-0.2, 0) is 0 Å². The predicted molar refractivity (Wildman–Crippen MR) is 27.9 cm³/mol. The van der Waals surface area contributed by atoms with Gasteiger partial charge in [-0.3, -0.25) is 0 Å². The van der Waals surface area contributed by atoms with E-state index in [-0.39, 0.29) is 63.0 Å². The van der Waals surface area contributed by atoms with Gasteiger partial charge in [0.2, 0.25) is 0 Å². The van der Waals surface area contributed by atoms with E-state index in [9.17, 15) is 0 Å². The summed E-state index contributed by atoms with van der Waals surface area (Å²) in [4.78, 5) is 0. The Morgan fingerprint density at radius 3 is 0.750 bits per heavy atom. The second-order valence-corrected chi connectivity index (χ2v) is 0. The van der Waals surface area contributed by atoms with Gasteiger partial charge in [0.05, 0.1) is 0 Å². The van der Waals surface area contributed by atoms with Gasteiger partial charge in [-0.1, -0.05) is 0 Å². The zero-order valence-corrected chi connectivity index (χ0v) is 0.500. The summed E-state index contributed by atoms with van der Waals surface area (Å²) in [6.07, 6.45) is 0. The molecule has 0 radical (unpaired) electrons. The normalized spacial score (nSPS) is 0. The average molecular weight is 107 g/mol. The maximum atomic E-state index is 0. The number of hydrogen-bond donors (Lipinski definition) is 0. The van der Waals surface area contributed by atoms with E-state index in [4.69, 9.17) is 0 Å². The average Bonchev–Trinajstić information content (AvgIpc) is 0. The standard InChI is InChI=1S/Ga.2Li.H2O.5H/h;;;1H2;;;;;. The molecule has 0 atom stereocenters. The van der Waals surface area contributed by atoms with Gasteiger partial charge in [0.15, 0.2) is 0 Å². The molecule has 4 heteroatoms. The molecule has 0 rings (SSSR count). The zero-order chi connectivity index (χ0) is 0. The first-order chi connectivity index (χ1) is 0. The fourth-order valence-corrected chi connectivity index (χ4v) is 0. The van der Waals surface area contributed by atoms with E-state index < -0.39 is 0 Å².